The largest absolute Gasteiger partial charge is 2.00 e. The summed E-state index contributed by atoms with van der Waals surface area (Å²) in [7, 11) is 2.43. The van der Waals surface area contributed by atoms with Crippen LogP contribution in [0.2, 0.25) is 0 Å². The van der Waals surface area contributed by atoms with Crippen molar-refractivity contribution in [2.24, 2.45) is 0 Å². The van der Waals surface area contributed by atoms with Gasteiger partial charge in [0.05, 0.1) is 48.9 Å². The molecular formula is C18H22CuN4O10. The van der Waals surface area contributed by atoms with Crippen LogP contribution >= 0.6 is 0 Å². The van der Waals surface area contributed by atoms with E-state index in [1.165, 1.54) is 41.9 Å². The zero-order chi connectivity index (χ0) is 23.2. The number of hydrogen-bond donors (Lipinski definition) is 0. The molecule has 0 aliphatic rings. The number of aromatic nitrogens is 4. The van der Waals surface area contributed by atoms with Crippen molar-refractivity contribution in [2.45, 2.75) is 27.7 Å². The van der Waals surface area contributed by atoms with E-state index < -0.39 is 23.9 Å². The fraction of sp³-hybridized carbons (Fsp3) is 0.333. The van der Waals surface area contributed by atoms with Gasteiger partial charge in [0.1, 0.15) is 11.4 Å². The minimum Gasteiger partial charge on any atom is -0.543 e. The van der Waals surface area contributed by atoms with Crippen LogP contribution in [0.5, 0.6) is 0 Å². The zero-order valence-electron chi connectivity index (χ0n) is 18.4. The summed E-state index contributed by atoms with van der Waals surface area (Å²) in [6.45, 7) is 5.82. The summed E-state index contributed by atoms with van der Waals surface area (Å²) < 4.78 is 8.94. The van der Waals surface area contributed by atoms with Crippen LogP contribution in [-0.4, -0.2) is 69.0 Å². The monoisotopic (exact) mass is 517 g/mol. The van der Waals surface area contributed by atoms with Gasteiger partial charge in [-0.05, 0) is 27.7 Å². The molecule has 2 aromatic rings. The molecule has 0 aliphatic heterocycles. The number of ether oxygens (including phenoxy) is 2. The van der Waals surface area contributed by atoms with Crippen LogP contribution in [0, 0.1) is 27.7 Å². The number of rotatable bonds is 4. The second-order valence-electron chi connectivity index (χ2n) is 5.74. The maximum Gasteiger partial charge on any atom is 2.00 e. The minimum atomic E-state index is -1.42. The number of methoxy groups -OCH3 is 2. The first kappa shape index (κ1) is 34.1. The average Bonchev–Trinajstić information content (AvgIpc) is 2.69. The number of hydrogen-bond acceptors (Lipinski definition) is 12. The van der Waals surface area contributed by atoms with Crippen molar-refractivity contribution in [3.63, 3.8) is 0 Å². The van der Waals surface area contributed by atoms with E-state index in [0.717, 1.165) is 0 Å². The topological polar surface area (TPSA) is 247 Å². The van der Waals surface area contributed by atoms with Crippen molar-refractivity contribution in [1.82, 2.24) is 19.9 Å². The Balaban J connectivity index is -0.000000500. The summed E-state index contributed by atoms with van der Waals surface area (Å²) >= 11 is 0. The van der Waals surface area contributed by atoms with Gasteiger partial charge in [0, 0.05) is 0 Å². The molecular weight excluding hydrogens is 496 g/mol. The van der Waals surface area contributed by atoms with Crippen LogP contribution < -0.4 is 10.2 Å². The molecule has 0 aliphatic carbocycles. The van der Waals surface area contributed by atoms with Gasteiger partial charge >= 0.3 is 29.0 Å². The van der Waals surface area contributed by atoms with Crippen LogP contribution in [0.3, 0.4) is 0 Å². The van der Waals surface area contributed by atoms with E-state index in [0.29, 0.717) is 0 Å². The molecule has 1 radical (unpaired) electrons. The molecule has 2 aromatic heterocycles. The van der Waals surface area contributed by atoms with Gasteiger partial charge in [0.25, 0.3) is 0 Å². The molecule has 4 N–H and O–H groups in total. The summed E-state index contributed by atoms with van der Waals surface area (Å²) in [6.07, 6.45) is 0. The molecule has 0 unspecified atom stereocenters. The fourth-order valence-corrected chi connectivity index (χ4v) is 2.17. The molecule has 33 heavy (non-hydrogen) atoms. The van der Waals surface area contributed by atoms with Gasteiger partial charge in [-0.2, -0.15) is 0 Å². The Hall–Kier alpha value is -3.52. The van der Waals surface area contributed by atoms with E-state index in [1.54, 1.807) is 0 Å². The summed E-state index contributed by atoms with van der Waals surface area (Å²) in [4.78, 5) is 58.6. The molecule has 2 heterocycles. The van der Waals surface area contributed by atoms with Crippen LogP contribution in [0.25, 0.3) is 0 Å². The number of esters is 2. The van der Waals surface area contributed by atoms with Crippen molar-refractivity contribution in [3.05, 3.63) is 45.6 Å². The third kappa shape index (κ3) is 8.50. The smallest absolute Gasteiger partial charge is 0.543 e. The van der Waals surface area contributed by atoms with Crippen molar-refractivity contribution in [3.8, 4) is 0 Å². The Kier molecular flexibility index (Phi) is 15.0. The molecule has 0 amide bonds. The van der Waals surface area contributed by atoms with Crippen LogP contribution in [0.4, 0.5) is 0 Å². The van der Waals surface area contributed by atoms with Crippen LogP contribution in [-0.2, 0) is 26.5 Å². The van der Waals surface area contributed by atoms with Crippen LogP contribution in [0.1, 0.15) is 64.7 Å². The molecule has 2 rings (SSSR count). The average molecular weight is 518 g/mol. The first-order valence-electron chi connectivity index (χ1n) is 8.24. The van der Waals surface area contributed by atoms with E-state index in [9.17, 15) is 29.4 Å². The third-order valence-corrected chi connectivity index (χ3v) is 3.63. The van der Waals surface area contributed by atoms with Gasteiger partial charge in [-0.1, -0.05) is 0 Å². The third-order valence-electron chi connectivity index (χ3n) is 3.63. The molecule has 0 aromatic carbocycles. The fourth-order valence-electron chi connectivity index (χ4n) is 2.17. The molecule has 15 heteroatoms. The van der Waals surface area contributed by atoms with Gasteiger partial charge in [-0.3, -0.25) is 0 Å². The second-order valence-corrected chi connectivity index (χ2v) is 5.74. The molecule has 185 valence electrons. The second kappa shape index (κ2) is 14.5. The molecule has 14 nitrogen and oxygen atoms in total. The van der Waals surface area contributed by atoms with E-state index in [2.05, 4.69) is 29.4 Å². The number of carbonyl (C=O) groups excluding carboxylic acids is 4. The van der Waals surface area contributed by atoms with Gasteiger partial charge in [-0.25, -0.2) is 29.5 Å². The number of carboxylic acids is 2. The number of nitrogens with zero attached hydrogens (tertiary/aromatic N) is 4. The standard InChI is InChI=1S/2C9H10N2O4.Cu.2H2O/c2*1-4-6(8(12)13)10-5(2)7(11-4)9(14)15-3;;;/h2*1-3H3,(H,12,13);;2*1H2/q;;+2;;/p-2. The van der Waals surface area contributed by atoms with E-state index >= 15 is 0 Å². The van der Waals surface area contributed by atoms with E-state index in [1.807, 2.05) is 0 Å². The molecule has 0 saturated heterocycles. The predicted octanol–water partition coefficient (Wildman–Crippen LogP) is -3.16. The van der Waals surface area contributed by atoms with Gasteiger partial charge in [0.15, 0.2) is 11.4 Å². The molecule has 0 saturated carbocycles. The molecule has 0 spiro atoms. The van der Waals surface area contributed by atoms with Gasteiger partial charge in [-0.15, -0.1) is 0 Å². The number of carbonyl (C=O) groups is 4. The van der Waals surface area contributed by atoms with Gasteiger partial charge < -0.3 is 40.2 Å². The molecule has 0 fully saturated rings. The summed E-state index contributed by atoms with van der Waals surface area (Å²) in [6, 6.07) is 0. The Morgan fingerprint density at radius 2 is 0.788 bits per heavy atom. The van der Waals surface area contributed by atoms with Crippen molar-refractivity contribution >= 4 is 23.9 Å². The number of aryl methyl sites for hydroxylation is 4. The van der Waals surface area contributed by atoms with Crippen molar-refractivity contribution in [2.75, 3.05) is 14.2 Å². The predicted molar refractivity (Wildman–Crippen MR) is 102 cm³/mol. The maximum absolute atomic E-state index is 11.2. The SMILES string of the molecule is COC(=O)c1nc(C)c(C(=O)[O-])nc1C.COC(=O)c1nc(C)c(C(=O)[O-])nc1C.O.O.[Cu+2]. The Morgan fingerprint density at radius 1 is 0.576 bits per heavy atom. The van der Waals surface area contributed by atoms with Crippen molar-refractivity contribution in [1.29, 1.82) is 0 Å². The molecule has 0 bridgehead atoms. The van der Waals surface area contributed by atoms with Gasteiger partial charge in [0.2, 0.25) is 0 Å². The Morgan fingerprint density at radius 3 is 1.00 bits per heavy atom. The number of carboxylic acid groups (broad SMARTS) is 2. The summed E-state index contributed by atoms with van der Waals surface area (Å²) in [5.74, 6) is -4.12. The Bertz CT molecular complexity index is 948. The van der Waals surface area contributed by atoms with E-state index in [-0.39, 0.29) is 73.6 Å². The van der Waals surface area contributed by atoms with E-state index in [4.69, 9.17) is 0 Å². The normalized spacial score (nSPS) is 8.91. The Labute approximate surface area is 198 Å². The first-order valence-corrected chi connectivity index (χ1v) is 8.24. The summed E-state index contributed by atoms with van der Waals surface area (Å²) in [5, 5.41) is 21.2. The minimum absolute atomic E-state index is 0. The first-order chi connectivity index (χ1) is 13.9. The quantitative estimate of drug-likeness (QED) is 0.287. The maximum atomic E-state index is 11.2. The summed E-state index contributed by atoms with van der Waals surface area (Å²) in [5.41, 5.74) is 0.153. The molecule has 0 atom stereocenters. The van der Waals surface area contributed by atoms with Crippen LogP contribution in [0.15, 0.2) is 0 Å². The van der Waals surface area contributed by atoms with Crippen molar-refractivity contribution < 1.29 is 66.9 Å². The zero-order valence-corrected chi connectivity index (χ0v) is 19.3. The number of aromatic carboxylic acids is 2.